The van der Waals surface area contributed by atoms with Crippen molar-refractivity contribution in [1.29, 1.82) is 0 Å². The second-order valence-electron chi connectivity index (χ2n) is 3.70. The third-order valence-electron chi connectivity index (χ3n) is 2.45. The maximum atomic E-state index is 9.02. The molecule has 0 saturated heterocycles. The van der Waals surface area contributed by atoms with Crippen molar-refractivity contribution in [3.8, 4) is 0 Å². The smallest absolute Gasteiger partial charge is 0.0682 e. The van der Waals surface area contributed by atoms with Crippen LogP contribution >= 0.6 is 0 Å². The Bertz CT molecular complexity index is 439. The van der Waals surface area contributed by atoms with Gasteiger partial charge in [0.2, 0.25) is 0 Å². The first-order valence-corrected chi connectivity index (χ1v) is 5.36. The van der Waals surface area contributed by atoms with E-state index in [0.717, 1.165) is 17.8 Å². The van der Waals surface area contributed by atoms with Crippen molar-refractivity contribution in [3.05, 3.63) is 65.7 Å². The lowest BCUT2D eigenvalue weighted by molar-refractivity contribution is 0.282. The Hall–Kier alpha value is -1.80. The number of aliphatic hydroxyl groups excluding tert-OH is 1. The first-order valence-electron chi connectivity index (χ1n) is 5.36. The average molecular weight is 213 g/mol. The number of hydrogen-bond donors (Lipinski definition) is 2. The van der Waals surface area contributed by atoms with Crippen LogP contribution in [0.5, 0.6) is 0 Å². The van der Waals surface area contributed by atoms with Crippen LogP contribution in [0.4, 0.5) is 5.69 Å². The minimum atomic E-state index is 0.0842. The van der Waals surface area contributed by atoms with Gasteiger partial charge in [0.05, 0.1) is 6.61 Å². The van der Waals surface area contributed by atoms with Crippen LogP contribution in [0.25, 0.3) is 0 Å². The van der Waals surface area contributed by atoms with Crippen LogP contribution in [0.2, 0.25) is 0 Å². The van der Waals surface area contributed by atoms with E-state index in [4.69, 9.17) is 5.11 Å². The van der Waals surface area contributed by atoms with Gasteiger partial charge in [0.1, 0.15) is 0 Å². The molecular weight excluding hydrogens is 198 g/mol. The highest BCUT2D eigenvalue weighted by atomic mass is 16.3. The normalized spacial score (nSPS) is 10.1. The zero-order valence-corrected chi connectivity index (χ0v) is 9.06. The van der Waals surface area contributed by atoms with Crippen molar-refractivity contribution in [2.45, 2.75) is 13.2 Å². The molecule has 0 heterocycles. The highest BCUT2D eigenvalue weighted by Crippen LogP contribution is 2.12. The van der Waals surface area contributed by atoms with Crippen molar-refractivity contribution in [2.75, 3.05) is 5.32 Å². The van der Waals surface area contributed by atoms with E-state index in [-0.39, 0.29) is 6.61 Å². The van der Waals surface area contributed by atoms with Gasteiger partial charge in [0.15, 0.2) is 0 Å². The molecule has 0 spiro atoms. The first-order chi connectivity index (χ1) is 7.88. The largest absolute Gasteiger partial charge is 0.392 e. The molecule has 0 amide bonds. The summed E-state index contributed by atoms with van der Waals surface area (Å²) in [7, 11) is 0. The topological polar surface area (TPSA) is 32.3 Å². The first kappa shape index (κ1) is 10.7. The molecule has 16 heavy (non-hydrogen) atoms. The van der Waals surface area contributed by atoms with E-state index in [9.17, 15) is 0 Å². The third kappa shape index (κ3) is 2.84. The van der Waals surface area contributed by atoms with Gasteiger partial charge in [-0.25, -0.2) is 0 Å². The molecule has 2 aromatic rings. The predicted octanol–water partition coefficient (Wildman–Crippen LogP) is 2.79. The van der Waals surface area contributed by atoms with Crippen LogP contribution in [0, 0.1) is 0 Å². The van der Waals surface area contributed by atoms with E-state index in [2.05, 4.69) is 17.4 Å². The van der Waals surface area contributed by atoms with Gasteiger partial charge < -0.3 is 10.4 Å². The molecule has 0 aliphatic carbocycles. The molecule has 0 bridgehead atoms. The Kier molecular flexibility index (Phi) is 3.57. The van der Waals surface area contributed by atoms with Crippen LogP contribution in [0.3, 0.4) is 0 Å². The molecule has 0 aliphatic rings. The molecule has 2 rings (SSSR count). The Morgan fingerprint density at radius 3 is 2.38 bits per heavy atom. The highest BCUT2D eigenvalue weighted by Gasteiger charge is 1.95. The molecule has 0 aromatic heterocycles. The Morgan fingerprint density at radius 1 is 0.875 bits per heavy atom. The van der Waals surface area contributed by atoms with Gasteiger partial charge in [-0.15, -0.1) is 0 Å². The molecule has 0 fully saturated rings. The zero-order chi connectivity index (χ0) is 11.2. The fourth-order valence-electron chi connectivity index (χ4n) is 1.58. The third-order valence-corrected chi connectivity index (χ3v) is 2.45. The second kappa shape index (κ2) is 5.33. The van der Waals surface area contributed by atoms with Gasteiger partial charge in [-0.1, -0.05) is 42.5 Å². The van der Waals surface area contributed by atoms with E-state index in [1.54, 1.807) is 0 Å². The van der Waals surface area contributed by atoms with Gasteiger partial charge in [-0.05, 0) is 23.3 Å². The van der Waals surface area contributed by atoms with E-state index >= 15 is 0 Å². The van der Waals surface area contributed by atoms with Crippen LogP contribution in [0.15, 0.2) is 54.6 Å². The number of nitrogens with one attached hydrogen (secondary N) is 1. The summed E-state index contributed by atoms with van der Waals surface area (Å²) in [6, 6.07) is 18.1. The molecule has 82 valence electrons. The van der Waals surface area contributed by atoms with Gasteiger partial charge >= 0.3 is 0 Å². The van der Waals surface area contributed by atoms with Crippen molar-refractivity contribution in [1.82, 2.24) is 0 Å². The van der Waals surface area contributed by atoms with E-state index in [1.807, 2.05) is 42.5 Å². The minimum absolute atomic E-state index is 0.0842. The van der Waals surface area contributed by atoms with E-state index < -0.39 is 0 Å². The summed E-state index contributed by atoms with van der Waals surface area (Å²) in [4.78, 5) is 0. The molecule has 2 N–H and O–H groups in total. The Labute approximate surface area is 95.6 Å². The van der Waals surface area contributed by atoms with E-state index in [0.29, 0.717) is 0 Å². The zero-order valence-electron chi connectivity index (χ0n) is 9.06. The number of anilines is 1. The summed E-state index contributed by atoms with van der Waals surface area (Å²) in [5.41, 5.74) is 3.21. The van der Waals surface area contributed by atoms with Gasteiger partial charge in [-0.3, -0.25) is 0 Å². The summed E-state index contributed by atoms with van der Waals surface area (Å²) in [6.45, 7) is 0.885. The van der Waals surface area contributed by atoms with Crippen molar-refractivity contribution in [2.24, 2.45) is 0 Å². The minimum Gasteiger partial charge on any atom is -0.392 e. The predicted molar refractivity (Wildman–Crippen MR) is 66.1 cm³/mol. The maximum Gasteiger partial charge on any atom is 0.0682 e. The number of benzene rings is 2. The molecule has 2 heteroatoms. The molecule has 2 nitrogen and oxygen atoms in total. The Balaban J connectivity index is 1.99. The molecule has 0 atom stereocenters. The molecule has 0 unspecified atom stereocenters. The van der Waals surface area contributed by atoms with Gasteiger partial charge in [-0.2, -0.15) is 0 Å². The quantitative estimate of drug-likeness (QED) is 0.818. The molecule has 0 aliphatic heterocycles. The summed E-state index contributed by atoms with van der Waals surface area (Å²) >= 11 is 0. The lowest BCUT2D eigenvalue weighted by atomic mass is 10.2. The van der Waals surface area contributed by atoms with E-state index in [1.165, 1.54) is 5.56 Å². The lowest BCUT2D eigenvalue weighted by Crippen LogP contribution is -1.99. The summed E-state index contributed by atoms with van der Waals surface area (Å²) < 4.78 is 0. The molecule has 0 saturated carbocycles. The van der Waals surface area contributed by atoms with Gasteiger partial charge in [0.25, 0.3) is 0 Å². The van der Waals surface area contributed by atoms with Crippen LogP contribution in [0.1, 0.15) is 11.1 Å². The fraction of sp³-hybridized carbons (Fsp3) is 0.143. The second-order valence-corrected chi connectivity index (χ2v) is 3.70. The Morgan fingerprint density at radius 2 is 1.62 bits per heavy atom. The van der Waals surface area contributed by atoms with Gasteiger partial charge in [0, 0.05) is 12.2 Å². The van der Waals surface area contributed by atoms with Crippen LogP contribution < -0.4 is 5.32 Å². The monoisotopic (exact) mass is 213 g/mol. The van der Waals surface area contributed by atoms with Crippen LogP contribution in [-0.2, 0) is 13.2 Å². The SMILES string of the molecule is OCc1cccc(NCc2ccccc2)c1. The summed E-state index contributed by atoms with van der Waals surface area (Å²) in [6.07, 6.45) is 0. The van der Waals surface area contributed by atoms with Crippen molar-refractivity contribution >= 4 is 5.69 Å². The number of hydrogen-bond acceptors (Lipinski definition) is 2. The molecule has 2 aromatic carbocycles. The number of aliphatic hydroxyl groups is 1. The molecular formula is C14H15NO. The highest BCUT2D eigenvalue weighted by molar-refractivity contribution is 5.46. The summed E-state index contributed by atoms with van der Waals surface area (Å²) in [5, 5.41) is 12.3. The molecule has 0 radical (unpaired) electrons. The fourth-order valence-corrected chi connectivity index (χ4v) is 1.58. The summed E-state index contributed by atoms with van der Waals surface area (Å²) in [5.74, 6) is 0. The standard InChI is InChI=1S/C14H15NO/c16-11-13-7-4-8-14(9-13)15-10-12-5-2-1-3-6-12/h1-9,15-16H,10-11H2. The lowest BCUT2D eigenvalue weighted by Gasteiger charge is -2.07. The maximum absolute atomic E-state index is 9.02. The number of rotatable bonds is 4. The van der Waals surface area contributed by atoms with Crippen LogP contribution in [-0.4, -0.2) is 5.11 Å². The average Bonchev–Trinajstić information content (AvgIpc) is 2.38. The van der Waals surface area contributed by atoms with Crippen molar-refractivity contribution in [3.63, 3.8) is 0 Å². The van der Waals surface area contributed by atoms with Crippen molar-refractivity contribution < 1.29 is 5.11 Å².